The topological polar surface area (TPSA) is 0 Å². The predicted octanol–water partition coefficient (Wildman–Crippen LogP) is 8.15. The van der Waals surface area contributed by atoms with Crippen molar-refractivity contribution in [3.05, 3.63) is 77.9 Å². The summed E-state index contributed by atoms with van der Waals surface area (Å²) in [5.41, 5.74) is 3.18. The van der Waals surface area contributed by atoms with E-state index in [4.69, 9.17) is 0 Å². The molecule has 0 amide bonds. The van der Waals surface area contributed by atoms with Gasteiger partial charge in [0.15, 0.2) is 0 Å². The second-order valence-electron chi connectivity index (χ2n) is 5.90. The molecule has 0 fully saturated rings. The first-order valence-electron chi connectivity index (χ1n) is 9.44. The van der Waals surface area contributed by atoms with Crippen LogP contribution in [-0.4, -0.2) is 0 Å². The molecule has 2 aromatic rings. The highest BCUT2D eigenvalue weighted by Crippen LogP contribution is 2.31. The fourth-order valence-electron chi connectivity index (χ4n) is 3.08. The van der Waals surface area contributed by atoms with Gasteiger partial charge in [-0.25, -0.2) is 8.78 Å². The van der Waals surface area contributed by atoms with E-state index in [1.165, 1.54) is 6.07 Å². The molecule has 0 N–H and O–H groups in total. The summed E-state index contributed by atoms with van der Waals surface area (Å²) >= 11 is 0. The number of benzene rings is 2. The highest BCUT2D eigenvalue weighted by Gasteiger charge is 2.13. The minimum absolute atomic E-state index is 0.304. The van der Waals surface area contributed by atoms with Crippen molar-refractivity contribution in [2.45, 2.75) is 53.4 Å². The maximum Gasteiger partial charge on any atom is 0.131 e. The monoisotopic (exact) mass is 356 g/mol. The van der Waals surface area contributed by atoms with Gasteiger partial charge in [0.1, 0.15) is 11.6 Å². The Hall–Kier alpha value is -2.22. The average Bonchev–Trinajstić information content (AvgIpc) is 2.66. The molecule has 0 radical (unpaired) electrons. The summed E-state index contributed by atoms with van der Waals surface area (Å²) in [6.45, 7) is 13.7. The van der Waals surface area contributed by atoms with Crippen LogP contribution in [0.3, 0.4) is 0 Å². The first kappa shape index (κ1) is 21.8. The second kappa shape index (κ2) is 10.7. The van der Waals surface area contributed by atoms with Gasteiger partial charge in [0.05, 0.1) is 0 Å². The normalized spacial score (nSPS) is 11.2. The lowest BCUT2D eigenvalue weighted by molar-refractivity contribution is 0.607. The summed E-state index contributed by atoms with van der Waals surface area (Å²) in [7, 11) is 0. The van der Waals surface area contributed by atoms with Crippen LogP contribution in [0.5, 0.6) is 0 Å². The molecule has 2 aromatic carbocycles. The lowest BCUT2D eigenvalue weighted by atomic mass is 9.91. The zero-order chi connectivity index (χ0) is 19.7. The van der Waals surface area contributed by atoms with Gasteiger partial charge in [-0.1, -0.05) is 70.7 Å². The Kier molecular flexibility index (Phi) is 8.98. The van der Waals surface area contributed by atoms with Crippen LogP contribution in [0, 0.1) is 11.6 Å². The molecule has 140 valence electrons. The van der Waals surface area contributed by atoms with Crippen molar-refractivity contribution in [3.63, 3.8) is 0 Å². The van der Waals surface area contributed by atoms with Gasteiger partial charge in [0, 0.05) is 11.1 Å². The molecular formula is C24H30F2. The third-order valence-electron chi connectivity index (χ3n) is 4.57. The van der Waals surface area contributed by atoms with Crippen molar-refractivity contribution in [2.24, 2.45) is 0 Å². The maximum absolute atomic E-state index is 14.5. The van der Waals surface area contributed by atoms with Gasteiger partial charge in [-0.3, -0.25) is 0 Å². The number of hydrogen-bond donors (Lipinski definition) is 0. The maximum atomic E-state index is 14.5. The van der Waals surface area contributed by atoms with Crippen LogP contribution in [0.4, 0.5) is 8.78 Å². The van der Waals surface area contributed by atoms with Crippen molar-refractivity contribution in [1.82, 2.24) is 0 Å². The molecule has 0 heterocycles. The van der Waals surface area contributed by atoms with E-state index in [9.17, 15) is 8.78 Å². The van der Waals surface area contributed by atoms with Gasteiger partial charge in [-0.2, -0.15) is 0 Å². The van der Waals surface area contributed by atoms with Gasteiger partial charge < -0.3 is 0 Å². The highest BCUT2D eigenvalue weighted by atomic mass is 19.1. The molecule has 0 saturated heterocycles. The van der Waals surface area contributed by atoms with Gasteiger partial charge >= 0.3 is 0 Å². The van der Waals surface area contributed by atoms with Gasteiger partial charge in [-0.05, 0) is 54.5 Å². The van der Waals surface area contributed by atoms with Crippen LogP contribution in [0.2, 0.25) is 0 Å². The molecule has 2 rings (SSSR count). The highest BCUT2D eigenvalue weighted by molar-refractivity contribution is 5.76. The van der Waals surface area contributed by atoms with E-state index in [2.05, 4.69) is 20.4 Å². The van der Waals surface area contributed by atoms with E-state index in [0.29, 0.717) is 22.6 Å². The van der Waals surface area contributed by atoms with Crippen molar-refractivity contribution in [2.75, 3.05) is 0 Å². The average molecular weight is 357 g/mol. The quantitative estimate of drug-likeness (QED) is 0.458. The third-order valence-corrected chi connectivity index (χ3v) is 4.57. The van der Waals surface area contributed by atoms with E-state index in [1.54, 1.807) is 36.4 Å². The van der Waals surface area contributed by atoms with E-state index >= 15 is 0 Å². The number of rotatable bonds is 6. The van der Waals surface area contributed by atoms with Crippen LogP contribution >= 0.6 is 0 Å². The van der Waals surface area contributed by atoms with E-state index in [0.717, 1.165) is 24.0 Å². The zero-order valence-corrected chi connectivity index (χ0v) is 16.6. The van der Waals surface area contributed by atoms with Gasteiger partial charge in [0.2, 0.25) is 0 Å². The molecule has 0 aromatic heterocycles. The minimum atomic E-state index is -0.371. The Morgan fingerprint density at radius 3 is 2.12 bits per heavy atom. The molecule has 0 bridgehead atoms. The Labute approximate surface area is 157 Å². The van der Waals surface area contributed by atoms with Crippen LogP contribution < -0.4 is 0 Å². The summed E-state index contributed by atoms with van der Waals surface area (Å²) in [5.74, 6) is -0.317. The van der Waals surface area contributed by atoms with Crippen molar-refractivity contribution >= 4 is 5.57 Å². The predicted molar refractivity (Wildman–Crippen MR) is 110 cm³/mol. The van der Waals surface area contributed by atoms with Crippen LogP contribution in [0.1, 0.15) is 64.5 Å². The lowest BCUT2D eigenvalue weighted by Gasteiger charge is -2.14. The van der Waals surface area contributed by atoms with Crippen LogP contribution in [0.15, 0.2) is 55.1 Å². The number of halogens is 2. The van der Waals surface area contributed by atoms with Crippen LogP contribution in [0.25, 0.3) is 16.7 Å². The minimum Gasteiger partial charge on any atom is -0.206 e. The second-order valence-corrected chi connectivity index (χ2v) is 5.90. The molecule has 0 spiro atoms. The molecule has 0 saturated carbocycles. The molecule has 0 aliphatic carbocycles. The fourth-order valence-corrected chi connectivity index (χ4v) is 3.08. The summed E-state index contributed by atoms with van der Waals surface area (Å²) in [6.07, 6.45) is 5.37. The van der Waals surface area contributed by atoms with Crippen molar-refractivity contribution < 1.29 is 8.78 Å². The molecule has 0 aliphatic rings. The first-order valence-corrected chi connectivity index (χ1v) is 9.44. The summed E-state index contributed by atoms with van der Waals surface area (Å²) in [4.78, 5) is 0. The fraction of sp³-hybridized carbons (Fsp3) is 0.333. The standard InChI is InChI=1S/C22H24F2.C2H6/c1-5-15(6-2)17-9-11-20(21(23)13-17)18-10-12-19(22(24)14-18)16(7-3)8-4;1-2/h7-15H,3,5-6H2,1-2,4H3;1-2H3/b16-8+;. The zero-order valence-electron chi connectivity index (χ0n) is 16.6. The Morgan fingerprint density at radius 1 is 1.00 bits per heavy atom. The summed E-state index contributed by atoms with van der Waals surface area (Å²) < 4.78 is 28.9. The molecule has 0 unspecified atom stereocenters. The molecule has 0 atom stereocenters. The van der Waals surface area contributed by atoms with Gasteiger partial charge in [-0.15, -0.1) is 0 Å². The summed E-state index contributed by atoms with van der Waals surface area (Å²) in [5, 5.41) is 0. The smallest absolute Gasteiger partial charge is 0.131 e. The largest absolute Gasteiger partial charge is 0.206 e. The molecule has 2 heteroatoms. The molecular weight excluding hydrogens is 326 g/mol. The SMILES string of the molecule is C=C/C(=C\C)c1ccc(-c2ccc(C(CC)CC)cc2F)cc1F.CC. The summed E-state index contributed by atoms with van der Waals surface area (Å²) in [6, 6.07) is 10.1. The Bertz CT molecular complexity index is 753. The Balaban J connectivity index is 0.00000163. The molecule has 0 nitrogen and oxygen atoms in total. The third kappa shape index (κ3) is 4.91. The van der Waals surface area contributed by atoms with Crippen LogP contribution in [-0.2, 0) is 0 Å². The van der Waals surface area contributed by atoms with E-state index < -0.39 is 0 Å². The van der Waals surface area contributed by atoms with Crippen molar-refractivity contribution in [3.8, 4) is 11.1 Å². The molecule has 0 aliphatic heterocycles. The van der Waals surface area contributed by atoms with E-state index in [1.807, 2.05) is 26.8 Å². The lowest BCUT2D eigenvalue weighted by Crippen LogP contribution is -1.97. The Morgan fingerprint density at radius 2 is 1.65 bits per heavy atom. The number of hydrogen-bond acceptors (Lipinski definition) is 0. The van der Waals surface area contributed by atoms with E-state index in [-0.39, 0.29) is 11.6 Å². The van der Waals surface area contributed by atoms with Crippen molar-refractivity contribution in [1.29, 1.82) is 0 Å². The van der Waals surface area contributed by atoms with Gasteiger partial charge in [0.25, 0.3) is 0 Å². The molecule has 26 heavy (non-hydrogen) atoms. The first-order chi connectivity index (χ1) is 12.5. The number of allylic oxidation sites excluding steroid dienone is 3.